The van der Waals surface area contributed by atoms with Gasteiger partial charge in [-0.2, -0.15) is 0 Å². The van der Waals surface area contributed by atoms with Crippen LogP contribution < -0.4 is 0 Å². The Morgan fingerprint density at radius 3 is 3.00 bits per heavy atom. The Kier molecular flexibility index (Phi) is 2.01. The average Bonchev–Trinajstić information content (AvgIpc) is 2.18. The fourth-order valence-corrected chi connectivity index (χ4v) is 1.36. The Hall–Kier alpha value is -1.75. The van der Waals surface area contributed by atoms with Gasteiger partial charge in [-0.15, -0.1) is 0 Å². The number of carboxylic acids is 1. The molecule has 72 valence electrons. The van der Waals surface area contributed by atoms with Gasteiger partial charge in [0, 0.05) is 12.4 Å². The lowest BCUT2D eigenvalue weighted by Gasteiger charge is -2.20. The Morgan fingerprint density at radius 2 is 2.29 bits per heavy atom. The summed E-state index contributed by atoms with van der Waals surface area (Å²) in [5.41, 5.74) is 0.847. The zero-order valence-corrected chi connectivity index (χ0v) is 7.16. The molecule has 5 nitrogen and oxygen atoms in total. The maximum Gasteiger partial charge on any atom is 0.315 e. The number of hydrogen-bond donors (Lipinski definition) is 2. The van der Waals surface area contributed by atoms with Crippen molar-refractivity contribution in [1.29, 1.82) is 0 Å². The lowest BCUT2D eigenvalue weighted by molar-refractivity contribution is -0.142. The van der Waals surface area contributed by atoms with Crippen LogP contribution in [0.15, 0.2) is 23.3 Å². The molecule has 0 amide bonds. The lowest BCUT2D eigenvalue weighted by atomic mass is 9.97. The molecule has 2 atom stereocenters. The molecule has 0 spiro atoms. The van der Waals surface area contributed by atoms with Crippen LogP contribution in [-0.2, 0) is 4.79 Å². The average molecular weight is 192 g/mol. The van der Waals surface area contributed by atoms with Crippen LogP contribution in [0, 0.1) is 5.92 Å². The van der Waals surface area contributed by atoms with Gasteiger partial charge < -0.3 is 10.2 Å². The fraction of sp³-hybridized carbons (Fsp3) is 0.222. The molecule has 0 bridgehead atoms. The summed E-state index contributed by atoms with van der Waals surface area (Å²) in [7, 11) is 0. The summed E-state index contributed by atoms with van der Waals surface area (Å²) >= 11 is 0. The van der Waals surface area contributed by atoms with E-state index in [0.29, 0.717) is 11.4 Å². The first kappa shape index (κ1) is 8.83. The van der Waals surface area contributed by atoms with Crippen molar-refractivity contribution in [2.75, 3.05) is 0 Å². The van der Waals surface area contributed by atoms with Gasteiger partial charge in [0.15, 0.2) is 0 Å². The molecule has 2 rings (SSSR count). The quantitative estimate of drug-likeness (QED) is 0.679. The molecule has 0 radical (unpaired) electrons. The molecule has 2 heterocycles. The Morgan fingerprint density at radius 1 is 1.50 bits per heavy atom. The molecule has 1 aliphatic rings. The van der Waals surface area contributed by atoms with Crippen molar-refractivity contribution >= 4 is 17.9 Å². The number of carboxylic acid groups (broad SMARTS) is 1. The number of aliphatic hydroxyl groups is 1. The van der Waals surface area contributed by atoms with Gasteiger partial charge >= 0.3 is 5.97 Å². The van der Waals surface area contributed by atoms with Crippen LogP contribution in [0.4, 0.5) is 5.69 Å². The minimum Gasteiger partial charge on any atom is -0.481 e. The molecule has 1 aromatic heterocycles. The molecule has 0 unspecified atom stereocenters. The minimum atomic E-state index is -1.11. The van der Waals surface area contributed by atoms with Crippen molar-refractivity contribution in [1.82, 2.24) is 4.98 Å². The largest absolute Gasteiger partial charge is 0.481 e. The van der Waals surface area contributed by atoms with E-state index >= 15 is 0 Å². The third kappa shape index (κ3) is 1.27. The molecule has 5 heteroatoms. The first-order chi connectivity index (χ1) is 6.70. The van der Waals surface area contributed by atoms with Gasteiger partial charge in [0.1, 0.15) is 12.0 Å². The van der Waals surface area contributed by atoms with Gasteiger partial charge in [0.2, 0.25) is 0 Å². The van der Waals surface area contributed by atoms with Gasteiger partial charge in [-0.25, -0.2) is 0 Å². The fourth-order valence-electron chi connectivity index (χ4n) is 1.36. The highest BCUT2D eigenvalue weighted by atomic mass is 16.4. The van der Waals surface area contributed by atoms with Crippen molar-refractivity contribution in [3.63, 3.8) is 0 Å². The summed E-state index contributed by atoms with van der Waals surface area (Å²) in [4.78, 5) is 18.5. The number of pyridine rings is 1. The second kappa shape index (κ2) is 3.19. The minimum absolute atomic E-state index is 0.322. The number of aromatic nitrogens is 1. The summed E-state index contributed by atoms with van der Waals surface area (Å²) < 4.78 is 0. The molecular formula is C9H8N2O3. The molecule has 0 saturated heterocycles. The topological polar surface area (TPSA) is 82.8 Å². The molecule has 0 aromatic carbocycles. The van der Waals surface area contributed by atoms with E-state index in [4.69, 9.17) is 5.11 Å². The van der Waals surface area contributed by atoms with Crippen molar-refractivity contribution < 1.29 is 15.0 Å². The standard InChI is InChI=1S/C9H8N2O3/c12-8-5(9(13)14)4-11-6-2-1-3-10-7(6)8/h1-5,8,12H,(H,13,14)/t5-,8+/m1/s1. The SMILES string of the molecule is O=C(O)[C@@H]1C=Nc2cccnc2[C@H]1O. The van der Waals surface area contributed by atoms with E-state index in [1.165, 1.54) is 12.4 Å². The Bertz CT molecular complexity index is 403. The second-order valence-corrected chi connectivity index (χ2v) is 2.99. The smallest absolute Gasteiger partial charge is 0.315 e. The van der Waals surface area contributed by atoms with E-state index in [-0.39, 0.29) is 0 Å². The van der Waals surface area contributed by atoms with Crippen LogP contribution in [0.25, 0.3) is 0 Å². The summed E-state index contributed by atoms with van der Waals surface area (Å²) in [5.74, 6) is -2.10. The van der Waals surface area contributed by atoms with E-state index in [9.17, 15) is 9.90 Å². The third-order valence-corrected chi connectivity index (χ3v) is 2.10. The predicted octanol–water partition coefficient (Wildman–Crippen LogP) is 0.532. The van der Waals surface area contributed by atoms with E-state index in [0.717, 1.165) is 0 Å². The number of carbonyl (C=O) groups is 1. The predicted molar refractivity (Wildman–Crippen MR) is 48.5 cm³/mol. The highest BCUT2D eigenvalue weighted by molar-refractivity contribution is 5.92. The molecule has 1 aliphatic heterocycles. The third-order valence-electron chi connectivity index (χ3n) is 2.10. The second-order valence-electron chi connectivity index (χ2n) is 2.99. The summed E-state index contributed by atoms with van der Waals surface area (Å²) in [6.07, 6.45) is 1.62. The highest BCUT2D eigenvalue weighted by Crippen LogP contribution is 2.31. The van der Waals surface area contributed by atoms with E-state index in [1.807, 2.05) is 0 Å². The van der Waals surface area contributed by atoms with Crippen LogP contribution in [-0.4, -0.2) is 27.4 Å². The van der Waals surface area contributed by atoms with E-state index in [1.54, 1.807) is 12.1 Å². The van der Waals surface area contributed by atoms with Gasteiger partial charge in [-0.1, -0.05) is 0 Å². The first-order valence-electron chi connectivity index (χ1n) is 4.10. The molecule has 0 aliphatic carbocycles. The maximum absolute atomic E-state index is 10.7. The Labute approximate surface area is 79.8 Å². The summed E-state index contributed by atoms with van der Waals surface area (Å²) in [6.45, 7) is 0. The number of hydrogen-bond acceptors (Lipinski definition) is 4. The van der Waals surface area contributed by atoms with Gasteiger partial charge in [0.25, 0.3) is 0 Å². The lowest BCUT2D eigenvalue weighted by Crippen LogP contribution is -2.26. The number of fused-ring (bicyclic) bond motifs is 1. The number of nitrogens with zero attached hydrogens (tertiary/aromatic N) is 2. The van der Waals surface area contributed by atoms with Crippen LogP contribution in [0.2, 0.25) is 0 Å². The van der Waals surface area contributed by atoms with E-state index in [2.05, 4.69) is 9.98 Å². The van der Waals surface area contributed by atoms with Crippen molar-refractivity contribution in [2.24, 2.45) is 10.9 Å². The van der Waals surface area contributed by atoms with Crippen LogP contribution in [0.5, 0.6) is 0 Å². The van der Waals surface area contributed by atoms with Crippen LogP contribution in [0.1, 0.15) is 11.8 Å². The van der Waals surface area contributed by atoms with Gasteiger partial charge in [-0.05, 0) is 12.1 Å². The highest BCUT2D eigenvalue weighted by Gasteiger charge is 2.31. The molecule has 1 aromatic rings. The molecular weight excluding hydrogens is 184 g/mol. The molecule has 2 N–H and O–H groups in total. The molecule has 0 fully saturated rings. The number of aliphatic hydroxyl groups excluding tert-OH is 1. The van der Waals surface area contributed by atoms with Gasteiger partial charge in [-0.3, -0.25) is 14.8 Å². The maximum atomic E-state index is 10.7. The van der Waals surface area contributed by atoms with Crippen LogP contribution >= 0.6 is 0 Å². The summed E-state index contributed by atoms with van der Waals surface area (Å²) in [6, 6.07) is 3.37. The normalized spacial score (nSPS) is 24.4. The Balaban J connectivity index is 2.44. The first-order valence-corrected chi connectivity index (χ1v) is 4.10. The number of rotatable bonds is 1. The monoisotopic (exact) mass is 192 g/mol. The van der Waals surface area contributed by atoms with E-state index < -0.39 is 18.0 Å². The number of aliphatic imine (C=N–C) groups is 1. The van der Waals surface area contributed by atoms with Crippen molar-refractivity contribution in [3.8, 4) is 0 Å². The van der Waals surface area contributed by atoms with Crippen molar-refractivity contribution in [3.05, 3.63) is 24.0 Å². The van der Waals surface area contributed by atoms with Crippen molar-refractivity contribution in [2.45, 2.75) is 6.10 Å². The summed E-state index contributed by atoms with van der Waals surface area (Å²) in [5, 5.41) is 18.4. The van der Waals surface area contributed by atoms with Gasteiger partial charge in [0.05, 0.1) is 11.4 Å². The van der Waals surface area contributed by atoms with Crippen LogP contribution in [0.3, 0.4) is 0 Å². The zero-order chi connectivity index (χ0) is 10.1. The molecule has 14 heavy (non-hydrogen) atoms. The zero-order valence-electron chi connectivity index (χ0n) is 7.16. The molecule has 0 saturated carbocycles. The number of aliphatic carboxylic acids is 1.